The van der Waals surface area contributed by atoms with Crippen LogP contribution in [-0.2, 0) is 6.61 Å². The van der Waals surface area contributed by atoms with Gasteiger partial charge in [0.15, 0.2) is 0 Å². The first-order chi connectivity index (χ1) is 8.04. The van der Waals surface area contributed by atoms with Gasteiger partial charge in [0.1, 0.15) is 5.82 Å². The molecule has 1 aromatic heterocycles. The van der Waals surface area contributed by atoms with Crippen LogP contribution in [0.15, 0.2) is 18.2 Å². The monoisotopic (exact) mass is 234 g/mol. The Morgan fingerprint density at radius 3 is 2.53 bits per heavy atom. The molecule has 0 amide bonds. The van der Waals surface area contributed by atoms with Crippen molar-refractivity contribution in [1.82, 2.24) is 9.78 Å². The van der Waals surface area contributed by atoms with Gasteiger partial charge in [-0.2, -0.15) is 5.10 Å². The van der Waals surface area contributed by atoms with Crippen LogP contribution in [0.1, 0.15) is 22.5 Å². The van der Waals surface area contributed by atoms with Crippen molar-refractivity contribution in [2.75, 3.05) is 0 Å². The van der Waals surface area contributed by atoms with Crippen LogP contribution in [0.3, 0.4) is 0 Å². The summed E-state index contributed by atoms with van der Waals surface area (Å²) < 4.78 is 14.8. The van der Waals surface area contributed by atoms with E-state index in [2.05, 4.69) is 5.10 Å². The Bertz CT molecular complexity index is 561. The number of halogens is 1. The molecule has 2 aromatic rings. The summed E-state index contributed by atoms with van der Waals surface area (Å²) >= 11 is 0. The minimum Gasteiger partial charge on any atom is -0.392 e. The predicted molar refractivity (Wildman–Crippen MR) is 63.7 cm³/mol. The maximum atomic E-state index is 13.1. The molecule has 90 valence electrons. The summed E-state index contributed by atoms with van der Waals surface area (Å²) in [6.45, 7) is 5.68. The van der Waals surface area contributed by atoms with Gasteiger partial charge >= 0.3 is 0 Å². The lowest BCUT2D eigenvalue weighted by Crippen LogP contribution is -2.04. The molecule has 0 unspecified atom stereocenters. The van der Waals surface area contributed by atoms with Crippen LogP contribution in [0.5, 0.6) is 0 Å². The van der Waals surface area contributed by atoms with Gasteiger partial charge in [-0.1, -0.05) is 0 Å². The van der Waals surface area contributed by atoms with Crippen molar-refractivity contribution < 1.29 is 9.50 Å². The average molecular weight is 234 g/mol. The number of aliphatic hydroxyl groups excluding tert-OH is 1. The largest absolute Gasteiger partial charge is 0.392 e. The van der Waals surface area contributed by atoms with E-state index < -0.39 is 0 Å². The highest BCUT2D eigenvalue weighted by Gasteiger charge is 2.12. The molecular formula is C13H15FN2O. The summed E-state index contributed by atoms with van der Waals surface area (Å²) in [6, 6.07) is 4.35. The molecule has 0 atom stereocenters. The second-order valence-electron chi connectivity index (χ2n) is 4.14. The SMILES string of the molecule is Cc1nn(-c2ccc(F)cc2CO)c(C)c1C. The first-order valence-corrected chi connectivity index (χ1v) is 5.47. The molecule has 0 aliphatic heterocycles. The van der Waals surface area contributed by atoms with E-state index in [9.17, 15) is 9.50 Å². The van der Waals surface area contributed by atoms with E-state index >= 15 is 0 Å². The van der Waals surface area contributed by atoms with Crippen molar-refractivity contribution in [3.05, 3.63) is 46.5 Å². The molecule has 0 saturated carbocycles. The van der Waals surface area contributed by atoms with Crippen molar-refractivity contribution in [2.45, 2.75) is 27.4 Å². The van der Waals surface area contributed by atoms with Gasteiger partial charge in [0.05, 0.1) is 18.0 Å². The third kappa shape index (κ3) is 1.96. The van der Waals surface area contributed by atoms with Crippen molar-refractivity contribution in [1.29, 1.82) is 0 Å². The average Bonchev–Trinajstić information content (AvgIpc) is 2.57. The maximum Gasteiger partial charge on any atom is 0.123 e. The normalized spacial score (nSPS) is 10.9. The highest BCUT2D eigenvalue weighted by molar-refractivity contribution is 5.43. The Kier molecular flexibility index (Phi) is 2.98. The number of rotatable bonds is 2. The number of hydrogen-bond acceptors (Lipinski definition) is 2. The van der Waals surface area contributed by atoms with Gasteiger partial charge in [-0.15, -0.1) is 0 Å². The summed E-state index contributed by atoms with van der Waals surface area (Å²) in [7, 11) is 0. The van der Waals surface area contributed by atoms with Crippen LogP contribution in [-0.4, -0.2) is 14.9 Å². The number of benzene rings is 1. The van der Waals surface area contributed by atoms with Crippen molar-refractivity contribution in [3.63, 3.8) is 0 Å². The topological polar surface area (TPSA) is 38.0 Å². The Hall–Kier alpha value is -1.68. The third-order valence-corrected chi connectivity index (χ3v) is 3.09. The fourth-order valence-corrected chi connectivity index (χ4v) is 1.84. The summed E-state index contributed by atoms with van der Waals surface area (Å²) in [5, 5.41) is 13.7. The first-order valence-electron chi connectivity index (χ1n) is 5.47. The minimum absolute atomic E-state index is 0.204. The lowest BCUT2D eigenvalue weighted by Gasteiger charge is -2.09. The molecule has 0 aliphatic rings. The quantitative estimate of drug-likeness (QED) is 0.866. The molecule has 0 bridgehead atoms. The summed E-state index contributed by atoms with van der Waals surface area (Å²) in [5.41, 5.74) is 4.32. The highest BCUT2D eigenvalue weighted by atomic mass is 19.1. The second kappa shape index (κ2) is 4.30. The van der Waals surface area contributed by atoms with Crippen molar-refractivity contribution >= 4 is 0 Å². The third-order valence-electron chi connectivity index (χ3n) is 3.09. The summed E-state index contributed by atoms with van der Waals surface area (Å²) in [6.07, 6.45) is 0. The second-order valence-corrected chi connectivity index (χ2v) is 4.14. The summed E-state index contributed by atoms with van der Waals surface area (Å²) in [5.74, 6) is -0.351. The zero-order chi connectivity index (χ0) is 12.6. The van der Waals surface area contributed by atoms with Gasteiger partial charge in [-0.25, -0.2) is 9.07 Å². The van der Waals surface area contributed by atoms with Crippen LogP contribution in [0.2, 0.25) is 0 Å². The van der Waals surface area contributed by atoms with Crippen molar-refractivity contribution in [2.24, 2.45) is 0 Å². The molecule has 4 heteroatoms. The standard InChI is InChI=1S/C13H15FN2O/c1-8-9(2)15-16(10(8)3)13-5-4-12(14)6-11(13)7-17/h4-6,17H,7H2,1-3H3. The Morgan fingerprint density at radius 2 is 2.00 bits per heavy atom. The van der Waals surface area contributed by atoms with Gasteiger partial charge in [-0.05, 0) is 44.5 Å². The van der Waals surface area contributed by atoms with Crippen LogP contribution in [0.4, 0.5) is 4.39 Å². The number of aliphatic hydroxyl groups is 1. The van der Waals surface area contributed by atoms with Gasteiger partial charge in [-0.3, -0.25) is 0 Å². The first kappa shape index (κ1) is 11.8. The lowest BCUT2D eigenvalue weighted by atomic mass is 10.1. The molecule has 0 fully saturated rings. The summed E-state index contributed by atoms with van der Waals surface area (Å²) in [4.78, 5) is 0. The molecule has 0 aliphatic carbocycles. The highest BCUT2D eigenvalue weighted by Crippen LogP contribution is 2.21. The number of aryl methyl sites for hydroxylation is 1. The Balaban J connectivity index is 2.64. The van der Waals surface area contributed by atoms with E-state index in [0.29, 0.717) is 5.56 Å². The number of hydrogen-bond donors (Lipinski definition) is 1. The van der Waals surface area contributed by atoms with Gasteiger partial charge in [0, 0.05) is 11.3 Å². The number of aromatic nitrogens is 2. The zero-order valence-electron chi connectivity index (χ0n) is 10.2. The van der Waals surface area contributed by atoms with E-state index in [4.69, 9.17) is 0 Å². The van der Waals surface area contributed by atoms with E-state index in [0.717, 1.165) is 22.6 Å². The molecule has 0 radical (unpaired) electrons. The number of nitrogens with zero attached hydrogens (tertiary/aromatic N) is 2. The smallest absolute Gasteiger partial charge is 0.123 e. The van der Waals surface area contributed by atoms with E-state index in [-0.39, 0.29) is 12.4 Å². The van der Waals surface area contributed by atoms with Gasteiger partial charge in [0.2, 0.25) is 0 Å². The zero-order valence-corrected chi connectivity index (χ0v) is 10.2. The molecule has 0 saturated heterocycles. The van der Waals surface area contributed by atoms with Crippen molar-refractivity contribution in [3.8, 4) is 5.69 Å². The van der Waals surface area contributed by atoms with E-state index in [1.54, 1.807) is 10.7 Å². The molecule has 1 aromatic carbocycles. The molecule has 0 spiro atoms. The minimum atomic E-state index is -0.351. The molecular weight excluding hydrogens is 219 g/mol. The lowest BCUT2D eigenvalue weighted by molar-refractivity contribution is 0.280. The van der Waals surface area contributed by atoms with Gasteiger partial charge in [0.25, 0.3) is 0 Å². The molecule has 17 heavy (non-hydrogen) atoms. The predicted octanol–water partition coefficient (Wildman–Crippen LogP) is 2.43. The van der Waals surface area contributed by atoms with Crippen LogP contribution >= 0.6 is 0 Å². The Morgan fingerprint density at radius 1 is 1.29 bits per heavy atom. The van der Waals surface area contributed by atoms with E-state index in [1.807, 2.05) is 20.8 Å². The fourth-order valence-electron chi connectivity index (χ4n) is 1.84. The Labute approximate surface area is 99.5 Å². The fraction of sp³-hybridized carbons (Fsp3) is 0.308. The maximum absolute atomic E-state index is 13.1. The molecule has 1 N–H and O–H groups in total. The molecule has 3 nitrogen and oxygen atoms in total. The van der Waals surface area contributed by atoms with Crippen LogP contribution in [0, 0.1) is 26.6 Å². The molecule has 1 heterocycles. The van der Waals surface area contributed by atoms with E-state index in [1.165, 1.54) is 12.1 Å². The van der Waals surface area contributed by atoms with Gasteiger partial charge < -0.3 is 5.11 Å². The molecule has 2 rings (SSSR count). The van der Waals surface area contributed by atoms with Crippen LogP contribution in [0.25, 0.3) is 5.69 Å². The van der Waals surface area contributed by atoms with Crippen LogP contribution < -0.4 is 0 Å².